The molecule has 2 N–H and O–H groups in total. The van der Waals surface area contributed by atoms with Crippen molar-refractivity contribution in [3.63, 3.8) is 0 Å². The van der Waals surface area contributed by atoms with Gasteiger partial charge in [-0.3, -0.25) is 4.79 Å². The Balaban J connectivity index is 1.76. The van der Waals surface area contributed by atoms with Crippen molar-refractivity contribution in [3.05, 3.63) is 28.8 Å². The number of aryl methyl sites for hydroxylation is 3. The van der Waals surface area contributed by atoms with Gasteiger partial charge in [-0.15, -0.1) is 0 Å². The number of rotatable bonds is 10. The van der Waals surface area contributed by atoms with Gasteiger partial charge in [0.1, 0.15) is 0 Å². The number of nitrogens with one attached hydrogen (secondary N) is 2. The lowest BCUT2D eigenvalue weighted by Crippen LogP contribution is -2.36. The van der Waals surface area contributed by atoms with Gasteiger partial charge in [0.15, 0.2) is 0 Å². The van der Waals surface area contributed by atoms with Crippen molar-refractivity contribution in [1.82, 2.24) is 10.0 Å². The van der Waals surface area contributed by atoms with Crippen LogP contribution in [0, 0.1) is 32.6 Å². The fourth-order valence-corrected chi connectivity index (χ4v) is 5.83. The van der Waals surface area contributed by atoms with Gasteiger partial charge in [0.2, 0.25) is 15.9 Å². The molecule has 1 aliphatic carbocycles. The standard InChI is InChI=1S/C23H38N2O4S/c1-16(2)29-12-6-11-24-23(26)21-9-7-20(8-10-21)15-25-30(27,28)22-18(4)13-17(3)14-19(22)5/h13-14,16,20-21,25H,6-12,15H2,1-5H3,(H,24,26). The van der Waals surface area contributed by atoms with Crippen molar-refractivity contribution in [2.45, 2.75) is 77.7 Å². The lowest BCUT2D eigenvalue weighted by Gasteiger charge is -2.28. The number of benzene rings is 1. The van der Waals surface area contributed by atoms with E-state index in [9.17, 15) is 13.2 Å². The summed E-state index contributed by atoms with van der Waals surface area (Å²) in [6.45, 7) is 11.4. The number of amides is 1. The van der Waals surface area contributed by atoms with E-state index in [0.717, 1.165) is 48.8 Å². The van der Waals surface area contributed by atoms with Gasteiger partial charge in [0.05, 0.1) is 11.0 Å². The number of carbonyl (C=O) groups is 1. The zero-order valence-electron chi connectivity index (χ0n) is 19.1. The molecule has 6 nitrogen and oxygen atoms in total. The van der Waals surface area contributed by atoms with E-state index in [2.05, 4.69) is 10.0 Å². The van der Waals surface area contributed by atoms with E-state index in [1.165, 1.54) is 0 Å². The largest absolute Gasteiger partial charge is 0.379 e. The topological polar surface area (TPSA) is 84.5 Å². The summed E-state index contributed by atoms with van der Waals surface area (Å²) in [5.41, 5.74) is 2.62. The number of ether oxygens (including phenoxy) is 1. The molecule has 1 aromatic carbocycles. The summed E-state index contributed by atoms with van der Waals surface area (Å²) in [4.78, 5) is 12.7. The maximum absolute atomic E-state index is 12.8. The van der Waals surface area contributed by atoms with Gasteiger partial charge in [0, 0.05) is 25.6 Å². The quantitative estimate of drug-likeness (QED) is 0.547. The van der Waals surface area contributed by atoms with Crippen LogP contribution in [0.2, 0.25) is 0 Å². The molecule has 1 saturated carbocycles. The van der Waals surface area contributed by atoms with Gasteiger partial charge < -0.3 is 10.1 Å². The Bertz CT molecular complexity index is 789. The molecule has 0 atom stereocenters. The number of carbonyl (C=O) groups excluding carboxylic acids is 1. The second kappa shape index (κ2) is 11.3. The minimum Gasteiger partial charge on any atom is -0.379 e. The number of sulfonamides is 1. The lowest BCUT2D eigenvalue weighted by molar-refractivity contribution is -0.126. The molecule has 0 radical (unpaired) electrons. The highest BCUT2D eigenvalue weighted by atomic mass is 32.2. The zero-order valence-corrected chi connectivity index (χ0v) is 19.9. The molecule has 0 heterocycles. The van der Waals surface area contributed by atoms with Crippen LogP contribution in [0.1, 0.15) is 62.6 Å². The highest BCUT2D eigenvalue weighted by Crippen LogP contribution is 2.29. The lowest BCUT2D eigenvalue weighted by atomic mass is 9.81. The molecule has 0 bridgehead atoms. The Kier molecular flexibility index (Phi) is 9.31. The normalized spacial score (nSPS) is 19.8. The van der Waals surface area contributed by atoms with Crippen LogP contribution in [0.3, 0.4) is 0 Å². The second-order valence-corrected chi connectivity index (χ2v) is 10.6. The predicted molar refractivity (Wildman–Crippen MR) is 120 cm³/mol. The molecule has 30 heavy (non-hydrogen) atoms. The third-order valence-electron chi connectivity index (χ3n) is 5.72. The number of hydrogen-bond acceptors (Lipinski definition) is 4. The van der Waals surface area contributed by atoms with E-state index in [4.69, 9.17) is 4.74 Å². The molecule has 0 aromatic heterocycles. The van der Waals surface area contributed by atoms with Crippen LogP contribution in [-0.4, -0.2) is 40.1 Å². The first-order valence-electron chi connectivity index (χ1n) is 11.1. The van der Waals surface area contributed by atoms with Gasteiger partial charge >= 0.3 is 0 Å². The predicted octanol–water partition coefficient (Wildman–Crippen LogP) is 3.63. The number of hydrogen-bond donors (Lipinski definition) is 2. The van der Waals surface area contributed by atoms with Crippen LogP contribution in [0.15, 0.2) is 17.0 Å². The van der Waals surface area contributed by atoms with E-state index in [-0.39, 0.29) is 23.8 Å². The highest BCUT2D eigenvalue weighted by molar-refractivity contribution is 7.89. The molecule has 0 aliphatic heterocycles. The summed E-state index contributed by atoms with van der Waals surface area (Å²) in [6.07, 6.45) is 4.38. The minimum absolute atomic E-state index is 0.0328. The van der Waals surface area contributed by atoms with Crippen molar-refractivity contribution >= 4 is 15.9 Å². The molecule has 7 heteroatoms. The van der Waals surface area contributed by atoms with Gasteiger partial charge in [-0.05, 0) is 83.8 Å². The SMILES string of the molecule is Cc1cc(C)c(S(=O)(=O)NCC2CCC(C(=O)NCCCOC(C)C)CC2)c(C)c1. The molecule has 0 spiro atoms. The van der Waals surface area contributed by atoms with Crippen LogP contribution in [-0.2, 0) is 19.6 Å². The molecule has 2 rings (SSSR count). The third kappa shape index (κ3) is 7.36. The van der Waals surface area contributed by atoms with E-state index in [1.54, 1.807) is 0 Å². The first-order valence-corrected chi connectivity index (χ1v) is 12.5. The Morgan fingerprint density at radius 1 is 1.10 bits per heavy atom. The van der Waals surface area contributed by atoms with Gasteiger partial charge in [-0.1, -0.05) is 17.7 Å². The van der Waals surface area contributed by atoms with E-state index in [1.807, 2.05) is 46.8 Å². The van der Waals surface area contributed by atoms with Crippen molar-refractivity contribution < 1.29 is 17.9 Å². The smallest absolute Gasteiger partial charge is 0.241 e. The van der Waals surface area contributed by atoms with E-state index < -0.39 is 10.0 Å². The fraction of sp³-hybridized carbons (Fsp3) is 0.696. The first-order chi connectivity index (χ1) is 14.1. The fourth-order valence-electron chi connectivity index (χ4n) is 4.27. The summed E-state index contributed by atoms with van der Waals surface area (Å²) < 4.78 is 33.9. The summed E-state index contributed by atoms with van der Waals surface area (Å²) in [5.74, 6) is 0.421. The Morgan fingerprint density at radius 3 is 2.27 bits per heavy atom. The van der Waals surface area contributed by atoms with Crippen LogP contribution in [0.4, 0.5) is 0 Å². The molecule has 0 saturated heterocycles. The van der Waals surface area contributed by atoms with Crippen LogP contribution < -0.4 is 10.0 Å². The summed E-state index contributed by atoms with van der Waals surface area (Å²) in [6, 6.07) is 3.81. The summed E-state index contributed by atoms with van der Waals surface area (Å²) in [7, 11) is -3.53. The second-order valence-electron chi connectivity index (χ2n) is 8.86. The maximum atomic E-state index is 12.8. The molecule has 1 fully saturated rings. The highest BCUT2D eigenvalue weighted by Gasteiger charge is 2.28. The van der Waals surface area contributed by atoms with Gasteiger partial charge in [0.25, 0.3) is 0 Å². The van der Waals surface area contributed by atoms with Crippen molar-refractivity contribution in [2.75, 3.05) is 19.7 Å². The van der Waals surface area contributed by atoms with Crippen LogP contribution in [0.25, 0.3) is 0 Å². The summed E-state index contributed by atoms with van der Waals surface area (Å²) in [5, 5.41) is 3.01. The Labute approximate surface area is 182 Å². The van der Waals surface area contributed by atoms with Gasteiger partial charge in [-0.25, -0.2) is 13.1 Å². The van der Waals surface area contributed by atoms with Crippen molar-refractivity contribution in [1.29, 1.82) is 0 Å². The molecule has 1 aromatic rings. The first kappa shape index (κ1) is 24.8. The third-order valence-corrected chi connectivity index (χ3v) is 7.45. The maximum Gasteiger partial charge on any atom is 0.241 e. The molecule has 170 valence electrons. The average Bonchev–Trinajstić information content (AvgIpc) is 2.65. The molecule has 0 unspecified atom stereocenters. The summed E-state index contributed by atoms with van der Waals surface area (Å²) >= 11 is 0. The average molecular weight is 439 g/mol. The Hall–Kier alpha value is -1.44. The van der Waals surface area contributed by atoms with E-state index >= 15 is 0 Å². The monoisotopic (exact) mass is 438 g/mol. The Morgan fingerprint density at radius 2 is 1.70 bits per heavy atom. The van der Waals surface area contributed by atoms with Crippen molar-refractivity contribution in [3.8, 4) is 0 Å². The minimum atomic E-state index is -3.53. The van der Waals surface area contributed by atoms with Gasteiger partial charge in [-0.2, -0.15) is 0 Å². The molecular formula is C23H38N2O4S. The van der Waals surface area contributed by atoms with Crippen LogP contribution in [0.5, 0.6) is 0 Å². The molecule has 1 amide bonds. The zero-order chi connectivity index (χ0) is 22.3. The molecule has 1 aliphatic rings. The van der Waals surface area contributed by atoms with E-state index in [0.29, 0.717) is 24.6 Å². The molecular weight excluding hydrogens is 400 g/mol. The van der Waals surface area contributed by atoms with Crippen molar-refractivity contribution in [2.24, 2.45) is 11.8 Å². The van der Waals surface area contributed by atoms with Crippen LogP contribution >= 0.6 is 0 Å².